The number of hydrogen-bond donors (Lipinski definition) is 2. The summed E-state index contributed by atoms with van der Waals surface area (Å²) >= 11 is 4.83. The van der Waals surface area contributed by atoms with Gasteiger partial charge in [-0.25, -0.2) is 0 Å². The van der Waals surface area contributed by atoms with E-state index in [2.05, 4.69) is 0 Å². The molecular formula is C10H11NO3S. The highest BCUT2D eigenvalue weighted by Crippen LogP contribution is 2.18. The van der Waals surface area contributed by atoms with Gasteiger partial charge in [-0.3, -0.25) is 4.79 Å². The Bertz CT molecular complexity index is 404. The standard InChI is InChI=1S/C10H11NO3S/c1-14-7-2-3-8(10(11)15)6(4-7)5-9(12)13/h2-4H,5H2,1H3,(H2,11,15)(H,12,13). The largest absolute Gasteiger partial charge is 0.497 e. The van der Waals surface area contributed by atoms with Crippen molar-refractivity contribution in [2.75, 3.05) is 7.11 Å². The highest BCUT2D eigenvalue weighted by atomic mass is 32.1. The van der Waals surface area contributed by atoms with Gasteiger partial charge in [-0.2, -0.15) is 0 Å². The number of carbonyl (C=O) groups is 1. The van der Waals surface area contributed by atoms with Crippen LogP contribution in [0.1, 0.15) is 11.1 Å². The molecule has 1 aromatic carbocycles. The summed E-state index contributed by atoms with van der Waals surface area (Å²) in [6, 6.07) is 4.99. The molecule has 5 heteroatoms. The van der Waals surface area contributed by atoms with Gasteiger partial charge < -0.3 is 15.6 Å². The van der Waals surface area contributed by atoms with Crippen LogP contribution < -0.4 is 10.5 Å². The average molecular weight is 225 g/mol. The lowest BCUT2D eigenvalue weighted by Crippen LogP contribution is -2.14. The van der Waals surface area contributed by atoms with Crippen molar-refractivity contribution in [3.05, 3.63) is 29.3 Å². The average Bonchev–Trinajstić information content (AvgIpc) is 2.16. The molecule has 4 nitrogen and oxygen atoms in total. The molecule has 0 spiro atoms. The van der Waals surface area contributed by atoms with E-state index in [1.54, 1.807) is 18.2 Å². The normalized spacial score (nSPS) is 9.67. The predicted octanol–water partition coefficient (Wildman–Crippen LogP) is 0.957. The van der Waals surface area contributed by atoms with E-state index in [9.17, 15) is 4.79 Å². The monoisotopic (exact) mass is 225 g/mol. The number of carboxylic acids is 1. The zero-order valence-corrected chi connectivity index (χ0v) is 9.00. The van der Waals surface area contributed by atoms with Crippen molar-refractivity contribution < 1.29 is 14.6 Å². The molecule has 0 bridgehead atoms. The molecule has 0 aliphatic heterocycles. The van der Waals surface area contributed by atoms with Gasteiger partial charge in [0.25, 0.3) is 0 Å². The number of carboxylic acid groups (broad SMARTS) is 1. The number of benzene rings is 1. The zero-order valence-electron chi connectivity index (χ0n) is 8.19. The summed E-state index contributed by atoms with van der Waals surface area (Å²) in [6.07, 6.45) is -0.121. The van der Waals surface area contributed by atoms with E-state index < -0.39 is 5.97 Å². The van der Waals surface area contributed by atoms with Crippen molar-refractivity contribution in [1.29, 1.82) is 0 Å². The lowest BCUT2D eigenvalue weighted by Gasteiger charge is -2.08. The van der Waals surface area contributed by atoms with Crippen LogP contribution in [0.25, 0.3) is 0 Å². The van der Waals surface area contributed by atoms with Gasteiger partial charge in [-0.1, -0.05) is 12.2 Å². The summed E-state index contributed by atoms with van der Waals surface area (Å²) in [5.74, 6) is -0.341. The molecule has 0 heterocycles. The van der Waals surface area contributed by atoms with E-state index >= 15 is 0 Å². The number of methoxy groups -OCH3 is 1. The number of nitrogens with two attached hydrogens (primary N) is 1. The molecule has 15 heavy (non-hydrogen) atoms. The van der Waals surface area contributed by atoms with E-state index in [0.29, 0.717) is 16.9 Å². The van der Waals surface area contributed by atoms with Gasteiger partial charge in [-0.15, -0.1) is 0 Å². The molecule has 0 aliphatic rings. The first-order valence-electron chi connectivity index (χ1n) is 4.23. The van der Waals surface area contributed by atoms with Crippen molar-refractivity contribution in [3.8, 4) is 5.75 Å². The lowest BCUT2D eigenvalue weighted by molar-refractivity contribution is -0.136. The fraction of sp³-hybridized carbons (Fsp3) is 0.200. The van der Waals surface area contributed by atoms with Crippen LogP contribution in [0.15, 0.2) is 18.2 Å². The van der Waals surface area contributed by atoms with E-state index in [-0.39, 0.29) is 11.4 Å². The number of thiocarbonyl (C=S) groups is 1. The Morgan fingerprint density at radius 1 is 1.60 bits per heavy atom. The maximum atomic E-state index is 10.6. The fourth-order valence-electron chi connectivity index (χ4n) is 1.25. The van der Waals surface area contributed by atoms with Gasteiger partial charge in [0.1, 0.15) is 10.7 Å². The van der Waals surface area contributed by atoms with E-state index in [0.717, 1.165) is 0 Å². The fourth-order valence-corrected chi connectivity index (χ4v) is 1.45. The maximum Gasteiger partial charge on any atom is 0.307 e. The number of ether oxygens (including phenoxy) is 1. The zero-order chi connectivity index (χ0) is 11.4. The summed E-state index contributed by atoms with van der Waals surface area (Å²) < 4.78 is 4.99. The molecule has 0 amide bonds. The third-order valence-electron chi connectivity index (χ3n) is 1.92. The van der Waals surface area contributed by atoms with Crippen molar-refractivity contribution in [1.82, 2.24) is 0 Å². The molecule has 0 radical (unpaired) electrons. The third-order valence-corrected chi connectivity index (χ3v) is 2.14. The SMILES string of the molecule is COc1ccc(C(N)=S)c(CC(=O)O)c1. The summed E-state index contributed by atoms with van der Waals surface area (Å²) in [4.78, 5) is 10.8. The van der Waals surface area contributed by atoms with Crippen LogP contribution in [0.2, 0.25) is 0 Å². The van der Waals surface area contributed by atoms with E-state index in [1.165, 1.54) is 7.11 Å². The summed E-state index contributed by atoms with van der Waals surface area (Å²) in [7, 11) is 1.51. The van der Waals surface area contributed by atoms with Crippen LogP contribution in [0, 0.1) is 0 Å². The molecular weight excluding hydrogens is 214 g/mol. The van der Waals surface area contributed by atoms with Crippen LogP contribution >= 0.6 is 12.2 Å². The van der Waals surface area contributed by atoms with Gasteiger partial charge in [0.05, 0.1) is 13.5 Å². The molecule has 0 atom stereocenters. The third kappa shape index (κ3) is 2.92. The minimum atomic E-state index is -0.930. The number of hydrogen-bond acceptors (Lipinski definition) is 3. The summed E-state index contributed by atoms with van der Waals surface area (Å²) in [6.45, 7) is 0. The lowest BCUT2D eigenvalue weighted by atomic mass is 10.0. The molecule has 0 fully saturated rings. The molecule has 0 unspecified atom stereocenters. The second kappa shape index (κ2) is 4.75. The van der Waals surface area contributed by atoms with Crippen molar-refractivity contribution >= 4 is 23.2 Å². The van der Waals surface area contributed by atoms with Crippen LogP contribution in [0.4, 0.5) is 0 Å². The maximum absolute atomic E-state index is 10.6. The van der Waals surface area contributed by atoms with E-state index in [4.69, 9.17) is 27.8 Å². The summed E-state index contributed by atoms with van der Waals surface area (Å²) in [5.41, 5.74) is 6.62. The topological polar surface area (TPSA) is 72.5 Å². The van der Waals surface area contributed by atoms with Crippen molar-refractivity contribution in [2.45, 2.75) is 6.42 Å². The minimum absolute atomic E-state index is 0.121. The van der Waals surface area contributed by atoms with Gasteiger partial charge in [0.2, 0.25) is 0 Å². The highest BCUT2D eigenvalue weighted by molar-refractivity contribution is 7.80. The van der Waals surface area contributed by atoms with Crippen LogP contribution in [-0.2, 0) is 11.2 Å². The molecule has 80 valence electrons. The van der Waals surface area contributed by atoms with Gasteiger partial charge in [0, 0.05) is 5.56 Å². The highest BCUT2D eigenvalue weighted by Gasteiger charge is 2.10. The Morgan fingerprint density at radius 3 is 2.73 bits per heavy atom. The molecule has 0 aromatic heterocycles. The first-order valence-corrected chi connectivity index (χ1v) is 4.64. The first-order chi connectivity index (χ1) is 7.04. The molecule has 3 N–H and O–H groups in total. The second-order valence-electron chi connectivity index (χ2n) is 2.96. The van der Waals surface area contributed by atoms with Crippen molar-refractivity contribution in [3.63, 3.8) is 0 Å². The van der Waals surface area contributed by atoms with Crippen molar-refractivity contribution in [2.24, 2.45) is 5.73 Å². The van der Waals surface area contributed by atoms with Crippen LogP contribution in [0.3, 0.4) is 0 Å². The Labute approximate surface area is 92.7 Å². The molecule has 0 saturated heterocycles. The second-order valence-corrected chi connectivity index (χ2v) is 3.40. The van der Waals surface area contributed by atoms with Crippen LogP contribution in [0.5, 0.6) is 5.75 Å². The first kappa shape index (κ1) is 11.5. The van der Waals surface area contributed by atoms with E-state index in [1.807, 2.05) is 0 Å². The Balaban J connectivity index is 3.16. The van der Waals surface area contributed by atoms with Gasteiger partial charge in [-0.05, 0) is 23.8 Å². The quantitative estimate of drug-likeness (QED) is 0.747. The summed E-state index contributed by atoms with van der Waals surface area (Å²) in [5, 5.41) is 8.71. The van der Waals surface area contributed by atoms with Crippen LogP contribution in [-0.4, -0.2) is 23.2 Å². The smallest absolute Gasteiger partial charge is 0.307 e. The molecule has 1 rings (SSSR count). The van der Waals surface area contributed by atoms with Gasteiger partial charge >= 0.3 is 5.97 Å². The predicted molar refractivity (Wildman–Crippen MR) is 60.2 cm³/mol. The Kier molecular flexibility index (Phi) is 3.62. The Hall–Kier alpha value is -1.62. The molecule has 1 aromatic rings. The number of aliphatic carboxylic acids is 1. The number of rotatable bonds is 4. The Morgan fingerprint density at radius 2 is 2.27 bits per heavy atom. The minimum Gasteiger partial charge on any atom is -0.497 e. The van der Waals surface area contributed by atoms with Gasteiger partial charge in [0.15, 0.2) is 0 Å². The molecule has 0 aliphatic carbocycles. The molecule has 0 saturated carbocycles.